The number of amides is 2. The molecule has 0 unspecified atom stereocenters. The van der Waals surface area contributed by atoms with Gasteiger partial charge in [-0.25, -0.2) is 0 Å². The zero-order valence-electron chi connectivity index (χ0n) is 16.3. The minimum atomic E-state index is -1.33. The van der Waals surface area contributed by atoms with Crippen LogP contribution in [0.15, 0.2) is 42.5 Å². The molecule has 28 heavy (non-hydrogen) atoms. The number of carbonyl (C=O) groups is 2. The van der Waals surface area contributed by atoms with Crippen LogP contribution in [-0.4, -0.2) is 26.0 Å². The van der Waals surface area contributed by atoms with Crippen molar-refractivity contribution >= 4 is 17.5 Å². The van der Waals surface area contributed by atoms with Gasteiger partial charge in [-0.2, -0.15) is 5.26 Å². The molecule has 0 aliphatic heterocycles. The summed E-state index contributed by atoms with van der Waals surface area (Å²) in [6.45, 7) is 3.28. The number of anilines is 1. The Balaban J connectivity index is 2.06. The summed E-state index contributed by atoms with van der Waals surface area (Å²) in [5.41, 5.74) is 0.171. The van der Waals surface area contributed by atoms with Crippen molar-refractivity contribution in [2.75, 3.05) is 19.5 Å². The van der Waals surface area contributed by atoms with E-state index in [0.29, 0.717) is 22.7 Å². The van der Waals surface area contributed by atoms with Crippen molar-refractivity contribution in [3.8, 4) is 17.6 Å². The number of nitrogens with one attached hydrogen (secondary N) is 2. The monoisotopic (exact) mass is 381 g/mol. The summed E-state index contributed by atoms with van der Waals surface area (Å²) in [7, 11) is 3.08. The smallest absolute Gasteiger partial charge is 0.239 e. The summed E-state index contributed by atoms with van der Waals surface area (Å²) in [5.74, 6) is 0.210. The number of hydrogen-bond donors (Lipinski definition) is 2. The quantitative estimate of drug-likeness (QED) is 0.718. The second-order valence-electron chi connectivity index (χ2n) is 6.61. The molecular weight excluding hydrogens is 358 g/mol. The molecule has 0 bridgehead atoms. The Morgan fingerprint density at radius 1 is 1.04 bits per heavy atom. The van der Waals surface area contributed by atoms with Gasteiger partial charge in [0.2, 0.25) is 11.8 Å². The Labute approximate surface area is 164 Å². The maximum absolute atomic E-state index is 12.6. The van der Waals surface area contributed by atoms with Crippen molar-refractivity contribution in [2.24, 2.45) is 5.41 Å². The molecule has 0 aliphatic rings. The van der Waals surface area contributed by atoms with Crippen LogP contribution < -0.4 is 20.1 Å². The Kier molecular flexibility index (Phi) is 6.61. The number of carbonyl (C=O) groups excluding carboxylic acids is 2. The van der Waals surface area contributed by atoms with Crippen LogP contribution in [0.5, 0.6) is 11.5 Å². The van der Waals surface area contributed by atoms with Gasteiger partial charge in [-0.15, -0.1) is 0 Å². The summed E-state index contributed by atoms with van der Waals surface area (Å²) < 4.78 is 10.4. The topological polar surface area (TPSA) is 100 Å². The number of methoxy groups -OCH3 is 2. The van der Waals surface area contributed by atoms with E-state index in [9.17, 15) is 9.59 Å². The zero-order valence-corrected chi connectivity index (χ0v) is 16.3. The number of nitriles is 1. The van der Waals surface area contributed by atoms with Crippen molar-refractivity contribution in [1.82, 2.24) is 5.32 Å². The molecule has 0 fully saturated rings. The number of rotatable bonds is 7. The van der Waals surface area contributed by atoms with Crippen molar-refractivity contribution in [1.29, 1.82) is 5.26 Å². The van der Waals surface area contributed by atoms with Crippen molar-refractivity contribution in [2.45, 2.75) is 20.4 Å². The number of ether oxygens (including phenoxy) is 2. The molecule has 2 rings (SSSR count). The molecule has 0 saturated carbocycles. The van der Waals surface area contributed by atoms with Gasteiger partial charge in [0.1, 0.15) is 11.5 Å². The normalized spacial score (nSPS) is 10.5. The highest BCUT2D eigenvalue weighted by Crippen LogP contribution is 2.27. The molecule has 0 atom stereocenters. The first kappa shape index (κ1) is 20.8. The first-order valence-electron chi connectivity index (χ1n) is 8.63. The zero-order chi connectivity index (χ0) is 20.7. The molecule has 2 N–H and O–H groups in total. The molecule has 146 valence electrons. The standard InChI is InChI=1S/C21H23N3O4/c1-21(2,20(26)24-16-8-6-5-7-15(16)12-22)19(25)23-13-14-9-10-17(27-3)18(11-14)28-4/h5-11H,13H2,1-4H3,(H,23,25)(H,24,26). The van der Waals surface area contributed by atoms with E-state index in [-0.39, 0.29) is 6.54 Å². The van der Waals surface area contributed by atoms with E-state index in [4.69, 9.17) is 14.7 Å². The Morgan fingerprint density at radius 3 is 2.36 bits per heavy atom. The van der Waals surface area contributed by atoms with Crippen LogP contribution in [0.2, 0.25) is 0 Å². The van der Waals surface area contributed by atoms with E-state index in [1.165, 1.54) is 21.0 Å². The Bertz CT molecular complexity index is 916. The van der Waals surface area contributed by atoms with Crippen LogP contribution >= 0.6 is 0 Å². The highest BCUT2D eigenvalue weighted by Gasteiger charge is 2.36. The average molecular weight is 381 g/mol. The predicted molar refractivity (Wildman–Crippen MR) is 105 cm³/mol. The van der Waals surface area contributed by atoms with E-state index in [2.05, 4.69) is 10.6 Å². The number of nitrogens with zero attached hydrogens (tertiary/aromatic N) is 1. The molecule has 0 saturated heterocycles. The second kappa shape index (κ2) is 8.91. The van der Waals surface area contributed by atoms with Crippen LogP contribution in [0.3, 0.4) is 0 Å². The number of hydrogen-bond acceptors (Lipinski definition) is 5. The van der Waals surface area contributed by atoms with Gasteiger partial charge in [0.15, 0.2) is 11.5 Å². The molecule has 0 radical (unpaired) electrons. The van der Waals surface area contributed by atoms with Crippen LogP contribution in [-0.2, 0) is 16.1 Å². The fourth-order valence-electron chi connectivity index (χ4n) is 2.47. The first-order chi connectivity index (χ1) is 13.3. The summed E-state index contributed by atoms with van der Waals surface area (Å²) in [6, 6.07) is 13.9. The lowest BCUT2D eigenvalue weighted by atomic mass is 9.90. The fourth-order valence-corrected chi connectivity index (χ4v) is 2.47. The first-order valence-corrected chi connectivity index (χ1v) is 8.63. The third-order valence-electron chi connectivity index (χ3n) is 4.33. The second-order valence-corrected chi connectivity index (χ2v) is 6.61. The van der Waals surface area contributed by atoms with Crippen molar-refractivity contribution in [3.63, 3.8) is 0 Å². The number of benzene rings is 2. The molecule has 0 aliphatic carbocycles. The molecule has 2 amide bonds. The molecule has 7 heteroatoms. The van der Waals surface area contributed by atoms with Crippen molar-refractivity contribution in [3.05, 3.63) is 53.6 Å². The van der Waals surface area contributed by atoms with Gasteiger partial charge >= 0.3 is 0 Å². The molecule has 0 aromatic heterocycles. The summed E-state index contributed by atoms with van der Waals surface area (Å²) in [4.78, 5) is 25.2. The van der Waals surface area contributed by atoms with E-state index in [0.717, 1.165) is 5.56 Å². The molecule has 7 nitrogen and oxygen atoms in total. The van der Waals surface area contributed by atoms with E-state index >= 15 is 0 Å². The van der Waals surface area contributed by atoms with E-state index in [1.807, 2.05) is 6.07 Å². The molecule has 2 aromatic rings. The summed E-state index contributed by atoms with van der Waals surface area (Å²) in [6.07, 6.45) is 0. The lowest BCUT2D eigenvalue weighted by molar-refractivity contribution is -0.138. The average Bonchev–Trinajstić information content (AvgIpc) is 2.71. The van der Waals surface area contributed by atoms with Gasteiger partial charge in [0.25, 0.3) is 0 Å². The molecule has 2 aromatic carbocycles. The van der Waals surface area contributed by atoms with Gasteiger partial charge in [0.05, 0.1) is 25.5 Å². The largest absolute Gasteiger partial charge is 0.493 e. The fraction of sp³-hybridized carbons (Fsp3) is 0.286. The summed E-state index contributed by atoms with van der Waals surface area (Å²) in [5, 5.41) is 14.6. The minimum Gasteiger partial charge on any atom is -0.493 e. The van der Waals surface area contributed by atoms with E-state index < -0.39 is 17.2 Å². The lowest BCUT2D eigenvalue weighted by Gasteiger charge is -2.23. The van der Waals surface area contributed by atoms with Gasteiger partial charge < -0.3 is 20.1 Å². The maximum Gasteiger partial charge on any atom is 0.239 e. The van der Waals surface area contributed by atoms with Crippen LogP contribution in [0.1, 0.15) is 25.0 Å². The Morgan fingerprint density at radius 2 is 1.71 bits per heavy atom. The van der Waals surface area contributed by atoms with Gasteiger partial charge in [-0.05, 0) is 43.7 Å². The molecule has 0 heterocycles. The maximum atomic E-state index is 12.6. The van der Waals surface area contributed by atoms with Crippen LogP contribution in [0.4, 0.5) is 5.69 Å². The van der Waals surface area contributed by atoms with Crippen molar-refractivity contribution < 1.29 is 19.1 Å². The van der Waals surface area contributed by atoms with Crippen LogP contribution in [0.25, 0.3) is 0 Å². The third-order valence-corrected chi connectivity index (χ3v) is 4.33. The molecular formula is C21H23N3O4. The van der Waals surface area contributed by atoms with Crippen LogP contribution in [0, 0.1) is 16.7 Å². The van der Waals surface area contributed by atoms with Gasteiger partial charge in [0, 0.05) is 6.54 Å². The molecule has 0 spiro atoms. The highest BCUT2D eigenvalue weighted by molar-refractivity contribution is 6.10. The third kappa shape index (κ3) is 4.60. The summed E-state index contributed by atoms with van der Waals surface area (Å²) >= 11 is 0. The van der Waals surface area contributed by atoms with Gasteiger partial charge in [-0.1, -0.05) is 18.2 Å². The predicted octanol–water partition coefficient (Wildman–Crippen LogP) is 2.86. The minimum absolute atomic E-state index is 0.227. The van der Waals surface area contributed by atoms with Gasteiger partial charge in [-0.3, -0.25) is 9.59 Å². The lowest BCUT2D eigenvalue weighted by Crippen LogP contribution is -2.45. The highest BCUT2D eigenvalue weighted by atomic mass is 16.5. The van der Waals surface area contributed by atoms with E-state index in [1.54, 1.807) is 49.6 Å². The Hall–Kier alpha value is -3.53. The SMILES string of the molecule is COc1ccc(CNC(=O)C(C)(C)C(=O)Nc2ccccc2C#N)cc1OC. The number of para-hydroxylation sites is 1.